The van der Waals surface area contributed by atoms with Crippen molar-refractivity contribution in [3.63, 3.8) is 0 Å². The van der Waals surface area contributed by atoms with Crippen LogP contribution in [0.25, 0.3) is 0 Å². The number of rotatable bonds is 80. The van der Waals surface area contributed by atoms with Crippen LogP contribution in [0.5, 0.6) is 0 Å². The topological polar surface area (TPSA) is 237 Å². The van der Waals surface area contributed by atoms with E-state index in [4.69, 9.17) is 37.0 Å². The number of carbonyl (C=O) groups is 4. The van der Waals surface area contributed by atoms with E-state index in [1.54, 1.807) is 0 Å². The predicted octanol–water partition coefficient (Wildman–Crippen LogP) is 24.3. The van der Waals surface area contributed by atoms with Crippen LogP contribution >= 0.6 is 15.6 Å². The minimum absolute atomic E-state index is 0.105. The molecule has 0 aliphatic rings. The number of ether oxygens (including phenoxy) is 4. The van der Waals surface area contributed by atoms with Gasteiger partial charge in [0.1, 0.15) is 19.3 Å². The van der Waals surface area contributed by atoms with Gasteiger partial charge in [0.05, 0.1) is 26.4 Å². The summed E-state index contributed by atoms with van der Waals surface area (Å²) in [4.78, 5) is 72.6. The summed E-state index contributed by atoms with van der Waals surface area (Å²) in [6.07, 6.45) is 63.1. The third kappa shape index (κ3) is 73.0. The molecule has 0 aromatic rings. The van der Waals surface area contributed by atoms with Crippen LogP contribution in [-0.4, -0.2) is 96.7 Å². The first kappa shape index (κ1) is 98.1. The van der Waals surface area contributed by atoms with Crippen molar-refractivity contribution in [2.75, 3.05) is 39.6 Å². The summed E-state index contributed by atoms with van der Waals surface area (Å²) in [5, 5.41) is 10.6. The monoisotopic (exact) mass is 1470 g/mol. The zero-order valence-electron chi connectivity index (χ0n) is 65.5. The van der Waals surface area contributed by atoms with Crippen LogP contribution < -0.4 is 0 Å². The largest absolute Gasteiger partial charge is 0.472 e. The van der Waals surface area contributed by atoms with Crippen molar-refractivity contribution in [1.82, 2.24) is 0 Å². The summed E-state index contributed by atoms with van der Waals surface area (Å²) >= 11 is 0. The number of phosphoric ester groups is 2. The quantitative estimate of drug-likeness (QED) is 0.0222. The standard InChI is InChI=1S/C81H158O17P2/c1-7-10-12-14-15-16-17-18-19-20-21-22-23-27-30-33-36-41-46-52-58-64-79(84)92-70-77(98-80(85)65-59-53-47-42-37-34-31-28-25-24-26-29-32-35-40-45-51-56-62-74(6)9-3)72-96-100(89,90)94-68-75(82)67-93-99(87,88)95-71-76(69-91-78(83)63-57-49-13-11-8-2)97-81(86)66-60-54-48-43-38-39-44-50-55-61-73(4)5/h73-77,82H,7-72H2,1-6H3,(H,87,88)(H,89,90)/t74?,75-,76+,77+/m0/s1. The summed E-state index contributed by atoms with van der Waals surface area (Å²) in [6, 6.07) is 0. The fraction of sp³-hybridized carbons (Fsp3) is 0.951. The second-order valence-electron chi connectivity index (χ2n) is 29.9. The Morgan fingerprint density at radius 2 is 0.510 bits per heavy atom. The van der Waals surface area contributed by atoms with Gasteiger partial charge in [-0.3, -0.25) is 37.3 Å². The van der Waals surface area contributed by atoms with Gasteiger partial charge in [0.2, 0.25) is 0 Å². The van der Waals surface area contributed by atoms with Gasteiger partial charge in [-0.05, 0) is 37.5 Å². The van der Waals surface area contributed by atoms with Gasteiger partial charge in [-0.1, -0.05) is 375 Å². The van der Waals surface area contributed by atoms with Crippen LogP contribution in [0.15, 0.2) is 0 Å². The van der Waals surface area contributed by atoms with Crippen molar-refractivity contribution < 1.29 is 80.2 Å². The Kier molecular flexibility index (Phi) is 71.2. The molecule has 0 saturated carbocycles. The van der Waals surface area contributed by atoms with Crippen LogP contribution in [-0.2, 0) is 65.4 Å². The van der Waals surface area contributed by atoms with Gasteiger partial charge >= 0.3 is 39.5 Å². The molecule has 0 saturated heterocycles. The lowest BCUT2D eigenvalue weighted by Crippen LogP contribution is -2.30. The maximum atomic E-state index is 13.1. The van der Waals surface area contributed by atoms with Gasteiger partial charge in [0.25, 0.3) is 0 Å². The minimum Gasteiger partial charge on any atom is -0.462 e. The van der Waals surface area contributed by atoms with Gasteiger partial charge in [0.15, 0.2) is 12.2 Å². The number of hydrogen-bond donors (Lipinski definition) is 3. The molecule has 19 heteroatoms. The van der Waals surface area contributed by atoms with Crippen molar-refractivity contribution in [3.05, 3.63) is 0 Å². The summed E-state index contributed by atoms with van der Waals surface area (Å²) in [7, 11) is -9.91. The molecule has 0 aliphatic heterocycles. The van der Waals surface area contributed by atoms with Crippen LogP contribution in [0.1, 0.15) is 427 Å². The van der Waals surface area contributed by atoms with Crippen LogP contribution in [0.4, 0.5) is 0 Å². The molecule has 0 aliphatic carbocycles. The smallest absolute Gasteiger partial charge is 0.462 e. The minimum atomic E-state index is -4.96. The molecule has 0 spiro atoms. The Morgan fingerprint density at radius 3 is 0.760 bits per heavy atom. The number of phosphoric acid groups is 2. The van der Waals surface area contributed by atoms with Crippen LogP contribution in [0.3, 0.4) is 0 Å². The zero-order valence-corrected chi connectivity index (χ0v) is 67.3. The van der Waals surface area contributed by atoms with Crippen LogP contribution in [0, 0.1) is 11.8 Å². The van der Waals surface area contributed by atoms with Gasteiger partial charge in [0, 0.05) is 25.7 Å². The second-order valence-corrected chi connectivity index (χ2v) is 32.8. The maximum absolute atomic E-state index is 13.1. The Morgan fingerprint density at radius 1 is 0.290 bits per heavy atom. The molecular formula is C81H158O17P2. The number of unbranched alkanes of at least 4 members (excludes halogenated alkanes) is 49. The molecular weight excluding hydrogens is 1310 g/mol. The Balaban J connectivity index is 5.10. The van der Waals surface area contributed by atoms with Gasteiger partial charge in [-0.15, -0.1) is 0 Å². The number of esters is 4. The Labute approximate surface area is 613 Å². The molecule has 0 radical (unpaired) electrons. The molecule has 100 heavy (non-hydrogen) atoms. The highest BCUT2D eigenvalue weighted by molar-refractivity contribution is 7.47. The van der Waals surface area contributed by atoms with Crippen molar-refractivity contribution in [2.24, 2.45) is 11.8 Å². The molecule has 0 aromatic carbocycles. The number of aliphatic hydroxyl groups excluding tert-OH is 1. The fourth-order valence-corrected chi connectivity index (χ4v) is 14.1. The first-order chi connectivity index (χ1) is 48.4. The molecule has 594 valence electrons. The van der Waals surface area contributed by atoms with Crippen molar-refractivity contribution >= 4 is 39.5 Å². The van der Waals surface area contributed by atoms with E-state index in [1.165, 1.54) is 238 Å². The highest BCUT2D eigenvalue weighted by atomic mass is 31.2. The lowest BCUT2D eigenvalue weighted by molar-refractivity contribution is -0.161. The van der Waals surface area contributed by atoms with E-state index in [0.717, 1.165) is 108 Å². The van der Waals surface area contributed by atoms with E-state index < -0.39 is 97.5 Å². The van der Waals surface area contributed by atoms with Crippen LogP contribution in [0.2, 0.25) is 0 Å². The molecule has 3 N–H and O–H groups in total. The lowest BCUT2D eigenvalue weighted by atomic mass is 9.99. The van der Waals surface area contributed by atoms with Crippen molar-refractivity contribution in [3.8, 4) is 0 Å². The van der Waals surface area contributed by atoms with Gasteiger partial charge in [-0.2, -0.15) is 0 Å². The van der Waals surface area contributed by atoms with E-state index in [0.29, 0.717) is 25.7 Å². The first-order valence-electron chi connectivity index (χ1n) is 42.0. The fourth-order valence-electron chi connectivity index (χ4n) is 12.5. The average Bonchev–Trinajstić information content (AvgIpc) is 0.949. The normalized spacial score (nSPS) is 14.2. The van der Waals surface area contributed by atoms with E-state index in [1.807, 2.05) is 0 Å². The van der Waals surface area contributed by atoms with Gasteiger partial charge in [-0.25, -0.2) is 9.13 Å². The summed E-state index contributed by atoms with van der Waals surface area (Å²) in [5.41, 5.74) is 0. The molecule has 0 amide bonds. The molecule has 0 heterocycles. The molecule has 0 bridgehead atoms. The molecule has 3 unspecified atom stereocenters. The number of aliphatic hydroxyl groups is 1. The van der Waals surface area contributed by atoms with Gasteiger partial charge < -0.3 is 33.8 Å². The maximum Gasteiger partial charge on any atom is 0.472 e. The summed E-state index contributed by atoms with van der Waals surface area (Å²) < 4.78 is 68.4. The molecule has 17 nitrogen and oxygen atoms in total. The predicted molar refractivity (Wildman–Crippen MR) is 409 cm³/mol. The number of hydrogen-bond acceptors (Lipinski definition) is 15. The van der Waals surface area contributed by atoms with E-state index in [2.05, 4.69) is 41.5 Å². The highest BCUT2D eigenvalue weighted by Gasteiger charge is 2.30. The first-order valence-corrected chi connectivity index (χ1v) is 45.0. The van der Waals surface area contributed by atoms with E-state index in [-0.39, 0.29) is 25.7 Å². The highest BCUT2D eigenvalue weighted by Crippen LogP contribution is 2.45. The second kappa shape index (κ2) is 72.6. The number of carbonyl (C=O) groups excluding carboxylic acids is 4. The lowest BCUT2D eigenvalue weighted by Gasteiger charge is -2.21. The molecule has 6 atom stereocenters. The molecule has 0 aromatic heterocycles. The third-order valence-electron chi connectivity index (χ3n) is 19.3. The Bertz CT molecular complexity index is 1930. The third-order valence-corrected chi connectivity index (χ3v) is 21.2. The van der Waals surface area contributed by atoms with E-state index in [9.17, 15) is 43.2 Å². The van der Waals surface area contributed by atoms with E-state index >= 15 is 0 Å². The van der Waals surface area contributed by atoms with Crippen molar-refractivity contribution in [2.45, 2.75) is 445 Å². The average molecular weight is 1470 g/mol. The zero-order chi connectivity index (χ0) is 73.5. The Hall–Kier alpha value is -1.94. The molecule has 0 fully saturated rings. The summed E-state index contributed by atoms with van der Waals surface area (Å²) in [5.74, 6) is -0.516. The summed E-state index contributed by atoms with van der Waals surface area (Å²) in [6.45, 7) is 9.57. The SMILES string of the molecule is CCCCCCCCCCCCCCCCCCCCCCCC(=O)OC[C@H](COP(=O)(O)OC[C@@H](O)COP(=O)(O)OC[C@@H](COC(=O)CCCCCCC)OC(=O)CCCCCCCCCCCC(C)C)OC(=O)CCCCCCCCCCCCCCCCCCCCC(C)CC. The van der Waals surface area contributed by atoms with Crippen molar-refractivity contribution in [1.29, 1.82) is 0 Å². The molecule has 0 rings (SSSR count).